The molecule has 0 aromatic heterocycles. The number of hydrogen-bond acceptors (Lipinski definition) is 1. The van der Waals surface area contributed by atoms with Crippen molar-refractivity contribution in [1.29, 1.82) is 0 Å². The van der Waals surface area contributed by atoms with E-state index < -0.39 is 0 Å². The van der Waals surface area contributed by atoms with Crippen molar-refractivity contribution in [3.63, 3.8) is 0 Å². The van der Waals surface area contributed by atoms with Crippen molar-refractivity contribution in [1.82, 2.24) is 0 Å². The second-order valence-corrected chi connectivity index (χ2v) is 5.47. The fourth-order valence-electron chi connectivity index (χ4n) is 2.79. The van der Waals surface area contributed by atoms with E-state index in [4.69, 9.17) is 0 Å². The molecule has 0 spiro atoms. The molecule has 3 rings (SSSR count). The molecule has 1 nitrogen and oxygen atoms in total. The van der Waals surface area contributed by atoms with Crippen LogP contribution in [0, 0.1) is 6.92 Å². The Labute approximate surface area is 125 Å². The number of carbonyl (C=O) groups is 1. The molecular weight excluding hydrogens is 256 g/mol. The first-order chi connectivity index (χ1) is 10.2. The van der Waals surface area contributed by atoms with E-state index in [9.17, 15) is 4.79 Å². The number of benzene rings is 3. The number of rotatable bonds is 3. The molecule has 0 aliphatic rings. The van der Waals surface area contributed by atoms with Gasteiger partial charge in [0.15, 0.2) is 5.78 Å². The SMILES string of the molecule is Cc1ccc(C(=O)C(C)c2ccccc2)c2ccccc12. The molecule has 0 bridgehead atoms. The normalized spacial score (nSPS) is 12.3. The van der Waals surface area contributed by atoms with Gasteiger partial charge in [-0.15, -0.1) is 0 Å². The minimum atomic E-state index is -0.127. The molecule has 104 valence electrons. The molecule has 0 aliphatic heterocycles. The van der Waals surface area contributed by atoms with Gasteiger partial charge in [-0.2, -0.15) is 0 Å². The Morgan fingerprint density at radius 1 is 0.810 bits per heavy atom. The zero-order chi connectivity index (χ0) is 14.8. The molecule has 0 N–H and O–H groups in total. The number of carbonyl (C=O) groups excluding carboxylic acids is 1. The summed E-state index contributed by atoms with van der Waals surface area (Å²) < 4.78 is 0. The summed E-state index contributed by atoms with van der Waals surface area (Å²) in [6.45, 7) is 4.06. The summed E-state index contributed by atoms with van der Waals surface area (Å²) in [6, 6.07) is 22.1. The summed E-state index contributed by atoms with van der Waals surface area (Å²) in [5, 5.41) is 2.20. The topological polar surface area (TPSA) is 17.1 Å². The number of Topliss-reactive ketones (excluding diaryl/α,β-unsaturated/α-hetero) is 1. The molecule has 0 saturated heterocycles. The molecule has 21 heavy (non-hydrogen) atoms. The Balaban J connectivity index is 2.09. The van der Waals surface area contributed by atoms with Crippen LogP contribution < -0.4 is 0 Å². The lowest BCUT2D eigenvalue weighted by atomic mass is 9.89. The monoisotopic (exact) mass is 274 g/mol. The van der Waals surface area contributed by atoms with Crippen LogP contribution in [0.3, 0.4) is 0 Å². The molecule has 0 heterocycles. The molecule has 0 saturated carbocycles. The van der Waals surface area contributed by atoms with Gasteiger partial charge in [-0.05, 0) is 28.8 Å². The maximum atomic E-state index is 12.9. The van der Waals surface area contributed by atoms with Crippen LogP contribution in [0.2, 0.25) is 0 Å². The van der Waals surface area contributed by atoms with Gasteiger partial charge in [-0.25, -0.2) is 0 Å². The molecule has 0 aliphatic carbocycles. The van der Waals surface area contributed by atoms with Gasteiger partial charge in [0.2, 0.25) is 0 Å². The number of hydrogen-bond donors (Lipinski definition) is 0. The molecule has 0 radical (unpaired) electrons. The van der Waals surface area contributed by atoms with Crippen LogP contribution in [0.15, 0.2) is 66.7 Å². The molecule has 3 aromatic rings. The van der Waals surface area contributed by atoms with Crippen LogP contribution in [-0.4, -0.2) is 5.78 Å². The van der Waals surface area contributed by atoms with E-state index in [-0.39, 0.29) is 11.7 Å². The minimum absolute atomic E-state index is 0.127. The van der Waals surface area contributed by atoms with Crippen LogP contribution in [0.5, 0.6) is 0 Å². The third-order valence-electron chi connectivity index (χ3n) is 4.10. The van der Waals surface area contributed by atoms with Crippen molar-refractivity contribution in [3.8, 4) is 0 Å². The van der Waals surface area contributed by atoms with Gasteiger partial charge in [-0.3, -0.25) is 4.79 Å². The predicted octanol–water partition coefficient (Wildman–Crippen LogP) is 5.13. The van der Waals surface area contributed by atoms with Gasteiger partial charge in [0, 0.05) is 11.5 Å². The van der Waals surface area contributed by atoms with Gasteiger partial charge in [-0.1, -0.05) is 73.7 Å². The van der Waals surface area contributed by atoms with Gasteiger partial charge in [0.05, 0.1) is 0 Å². The van der Waals surface area contributed by atoms with Crippen molar-refractivity contribution < 1.29 is 4.79 Å². The summed E-state index contributed by atoms with van der Waals surface area (Å²) in [7, 11) is 0. The lowest BCUT2D eigenvalue weighted by Gasteiger charge is -2.14. The van der Waals surface area contributed by atoms with Gasteiger partial charge >= 0.3 is 0 Å². The fourth-order valence-corrected chi connectivity index (χ4v) is 2.79. The lowest BCUT2D eigenvalue weighted by Crippen LogP contribution is -2.10. The Morgan fingerprint density at radius 3 is 2.14 bits per heavy atom. The fraction of sp³-hybridized carbons (Fsp3) is 0.150. The van der Waals surface area contributed by atoms with Crippen molar-refractivity contribution >= 4 is 16.6 Å². The first-order valence-electron chi connectivity index (χ1n) is 7.26. The first-order valence-corrected chi connectivity index (χ1v) is 7.26. The van der Waals surface area contributed by atoms with Crippen molar-refractivity contribution in [2.24, 2.45) is 0 Å². The van der Waals surface area contributed by atoms with Gasteiger partial charge in [0.1, 0.15) is 0 Å². The Hall–Kier alpha value is -2.41. The quantitative estimate of drug-likeness (QED) is 0.605. The second-order valence-electron chi connectivity index (χ2n) is 5.47. The largest absolute Gasteiger partial charge is 0.293 e. The zero-order valence-electron chi connectivity index (χ0n) is 12.3. The van der Waals surface area contributed by atoms with Crippen LogP contribution in [-0.2, 0) is 0 Å². The summed E-state index contributed by atoms with van der Waals surface area (Å²) in [5.74, 6) is 0.0507. The average molecular weight is 274 g/mol. The minimum Gasteiger partial charge on any atom is -0.293 e. The first kappa shape index (κ1) is 13.6. The van der Waals surface area contributed by atoms with E-state index in [1.54, 1.807) is 0 Å². The summed E-state index contributed by atoms with van der Waals surface area (Å²) >= 11 is 0. The van der Waals surface area contributed by atoms with Crippen molar-refractivity contribution in [2.45, 2.75) is 19.8 Å². The summed E-state index contributed by atoms with van der Waals surface area (Å²) in [4.78, 5) is 12.9. The van der Waals surface area contributed by atoms with Gasteiger partial charge < -0.3 is 0 Å². The van der Waals surface area contributed by atoms with E-state index in [0.29, 0.717) is 0 Å². The highest BCUT2D eigenvalue weighted by Gasteiger charge is 2.19. The highest BCUT2D eigenvalue weighted by atomic mass is 16.1. The van der Waals surface area contributed by atoms with Crippen LogP contribution >= 0.6 is 0 Å². The van der Waals surface area contributed by atoms with Gasteiger partial charge in [0.25, 0.3) is 0 Å². The van der Waals surface area contributed by atoms with E-state index in [1.807, 2.05) is 67.6 Å². The highest BCUT2D eigenvalue weighted by molar-refractivity contribution is 6.11. The molecule has 0 amide bonds. The molecule has 3 aromatic carbocycles. The summed E-state index contributed by atoms with van der Waals surface area (Å²) in [5.41, 5.74) is 3.08. The lowest BCUT2D eigenvalue weighted by molar-refractivity contribution is 0.0967. The Kier molecular flexibility index (Phi) is 3.57. The van der Waals surface area contributed by atoms with Crippen molar-refractivity contribution in [2.75, 3.05) is 0 Å². The molecular formula is C20H18O. The van der Waals surface area contributed by atoms with E-state index in [2.05, 4.69) is 13.0 Å². The van der Waals surface area contributed by atoms with E-state index in [1.165, 1.54) is 5.56 Å². The van der Waals surface area contributed by atoms with Crippen LogP contribution in [0.4, 0.5) is 0 Å². The third kappa shape index (κ3) is 2.47. The molecule has 1 atom stereocenters. The third-order valence-corrected chi connectivity index (χ3v) is 4.10. The standard InChI is InChI=1S/C20H18O/c1-14-12-13-19(18-11-7-6-10-17(14)18)20(21)15(2)16-8-4-3-5-9-16/h3-13,15H,1-2H3. The molecule has 0 fully saturated rings. The van der Waals surface area contributed by atoms with Crippen molar-refractivity contribution in [3.05, 3.63) is 83.4 Å². The van der Waals surface area contributed by atoms with E-state index in [0.717, 1.165) is 21.9 Å². The summed E-state index contributed by atoms with van der Waals surface area (Å²) in [6.07, 6.45) is 0. The average Bonchev–Trinajstić information content (AvgIpc) is 2.55. The Morgan fingerprint density at radius 2 is 1.43 bits per heavy atom. The Bertz CT molecular complexity index is 787. The molecule has 1 heteroatoms. The maximum absolute atomic E-state index is 12.9. The van der Waals surface area contributed by atoms with Crippen LogP contribution in [0.25, 0.3) is 10.8 Å². The predicted molar refractivity (Wildman–Crippen MR) is 87.9 cm³/mol. The van der Waals surface area contributed by atoms with Crippen LogP contribution in [0.1, 0.15) is 34.3 Å². The number of ketones is 1. The smallest absolute Gasteiger partial charge is 0.170 e. The number of aryl methyl sites for hydroxylation is 1. The highest BCUT2D eigenvalue weighted by Crippen LogP contribution is 2.27. The maximum Gasteiger partial charge on any atom is 0.170 e. The zero-order valence-corrected chi connectivity index (χ0v) is 12.3. The molecule has 1 unspecified atom stereocenters. The number of fused-ring (bicyclic) bond motifs is 1. The van der Waals surface area contributed by atoms with E-state index >= 15 is 0 Å². The second kappa shape index (κ2) is 5.53.